The fourth-order valence-electron chi connectivity index (χ4n) is 5.27. The molecule has 2 aromatic carbocycles. The largest absolute Gasteiger partial charge is 0.493 e. The third-order valence-electron chi connectivity index (χ3n) is 6.82. The number of benzene rings is 2. The van der Waals surface area contributed by atoms with Gasteiger partial charge in [-0.1, -0.05) is 6.07 Å². The average molecular weight is 526 g/mol. The second-order valence-electron chi connectivity index (χ2n) is 8.54. The van der Waals surface area contributed by atoms with Gasteiger partial charge in [-0.15, -0.1) is 0 Å². The molecule has 38 heavy (non-hydrogen) atoms. The molecule has 0 fully saturated rings. The summed E-state index contributed by atoms with van der Waals surface area (Å²) in [5.41, 5.74) is -0.297. The number of hydrogen-bond donors (Lipinski definition) is 0. The number of nitrogens with zero attached hydrogens (tertiary/aromatic N) is 1. The van der Waals surface area contributed by atoms with E-state index in [0.717, 1.165) is 5.56 Å². The van der Waals surface area contributed by atoms with Gasteiger partial charge in [-0.25, -0.2) is 9.59 Å². The normalized spacial score (nSPS) is 17.9. The molecular weight excluding hydrogens is 494 g/mol. The Balaban J connectivity index is 2.10. The lowest BCUT2D eigenvalue weighted by molar-refractivity contribution is -0.143. The molecule has 10 heteroatoms. The Morgan fingerprint density at radius 2 is 1.39 bits per heavy atom. The third-order valence-corrected chi connectivity index (χ3v) is 6.82. The molecule has 1 atom stereocenters. The molecule has 202 valence electrons. The minimum Gasteiger partial charge on any atom is -0.493 e. The minimum atomic E-state index is -1.61. The maximum atomic E-state index is 14.6. The fraction of sp³-hybridized carbons (Fsp3) is 0.393. The molecule has 0 bridgehead atoms. The van der Waals surface area contributed by atoms with Crippen LogP contribution in [0, 0.1) is 0 Å². The molecule has 2 aliphatic rings. The van der Waals surface area contributed by atoms with Crippen molar-refractivity contribution in [1.82, 2.24) is 4.90 Å². The molecule has 10 nitrogen and oxygen atoms in total. The zero-order valence-corrected chi connectivity index (χ0v) is 22.3. The van der Waals surface area contributed by atoms with Gasteiger partial charge >= 0.3 is 11.9 Å². The molecule has 4 rings (SSSR count). The van der Waals surface area contributed by atoms with Gasteiger partial charge in [0.2, 0.25) is 5.78 Å². The quantitative estimate of drug-likeness (QED) is 0.358. The Hall–Kier alpha value is -4.21. The first-order chi connectivity index (χ1) is 18.3. The molecule has 0 aromatic heterocycles. The van der Waals surface area contributed by atoms with Crippen LogP contribution in [0.15, 0.2) is 41.6 Å². The second kappa shape index (κ2) is 10.6. The number of carbonyl (C=O) groups excluding carboxylic acids is 3. The zero-order valence-electron chi connectivity index (χ0n) is 22.3. The number of Topliss-reactive ketones (excluding diaryl/α,β-unsaturated/α-hetero) is 1. The first-order valence-corrected chi connectivity index (χ1v) is 12.2. The van der Waals surface area contributed by atoms with Crippen molar-refractivity contribution in [3.63, 3.8) is 0 Å². The van der Waals surface area contributed by atoms with E-state index in [-0.39, 0.29) is 31.0 Å². The predicted molar refractivity (Wildman–Crippen MR) is 136 cm³/mol. The number of ether oxygens (including phenoxy) is 6. The Morgan fingerprint density at radius 1 is 0.816 bits per heavy atom. The molecule has 0 saturated heterocycles. The molecule has 0 spiro atoms. The summed E-state index contributed by atoms with van der Waals surface area (Å²) < 4.78 is 32.6. The van der Waals surface area contributed by atoms with Crippen LogP contribution in [0.5, 0.6) is 23.0 Å². The molecule has 0 radical (unpaired) electrons. The summed E-state index contributed by atoms with van der Waals surface area (Å²) in [4.78, 5) is 42.8. The lowest BCUT2D eigenvalue weighted by atomic mass is 9.73. The Labute approximate surface area is 221 Å². The van der Waals surface area contributed by atoms with Crippen molar-refractivity contribution in [2.24, 2.45) is 0 Å². The van der Waals surface area contributed by atoms with Gasteiger partial charge in [0.1, 0.15) is 11.3 Å². The van der Waals surface area contributed by atoms with Crippen LogP contribution < -0.4 is 18.9 Å². The van der Waals surface area contributed by atoms with Crippen molar-refractivity contribution in [2.45, 2.75) is 25.8 Å². The Kier molecular flexibility index (Phi) is 7.52. The monoisotopic (exact) mass is 525 g/mol. The highest BCUT2D eigenvalue weighted by atomic mass is 16.5. The van der Waals surface area contributed by atoms with Crippen molar-refractivity contribution >= 4 is 17.7 Å². The van der Waals surface area contributed by atoms with Gasteiger partial charge in [-0.3, -0.25) is 4.79 Å². The molecule has 0 N–H and O–H groups in total. The molecule has 2 heterocycles. The van der Waals surface area contributed by atoms with E-state index in [4.69, 9.17) is 28.4 Å². The number of ketones is 1. The number of esters is 2. The number of carbonyl (C=O) groups is 3. The summed E-state index contributed by atoms with van der Waals surface area (Å²) in [5.74, 6) is -0.564. The number of methoxy groups -OCH3 is 4. The summed E-state index contributed by atoms with van der Waals surface area (Å²) in [6, 6.07) is 8.59. The maximum Gasteiger partial charge on any atom is 0.355 e. The smallest absolute Gasteiger partial charge is 0.355 e. The average Bonchev–Trinajstić information content (AvgIpc) is 3.21. The highest BCUT2D eigenvalue weighted by Gasteiger charge is 2.61. The summed E-state index contributed by atoms with van der Waals surface area (Å²) in [7, 11) is 6.03. The van der Waals surface area contributed by atoms with Gasteiger partial charge in [0.15, 0.2) is 28.5 Å². The number of rotatable bonds is 9. The van der Waals surface area contributed by atoms with Crippen molar-refractivity contribution in [3.8, 4) is 23.0 Å². The van der Waals surface area contributed by atoms with Crippen LogP contribution in [-0.2, 0) is 35.8 Å². The molecule has 2 aliphatic heterocycles. The van der Waals surface area contributed by atoms with E-state index in [1.807, 2.05) is 6.07 Å². The highest BCUT2D eigenvalue weighted by Crippen LogP contribution is 2.53. The van der Waals surface area contributed by atoms with Crippen molar-refractivity contribution in [1.29, 1.82) is 0 Å². The Morgan fingerprint density at radius 3 is 2.00 bits per heavy atom. The van der Waals surface area contributed by atoms with E-state index in [1.165, 1.54) is 28.4 Å². The van der Waals surface area contributed by atoms with Crippen molar-refractivity contribution in [3.05, 3.63) is 58.3 Å². The standard InChI is InChI=1S/C28H31NO9/c1-7-37-26(31)23-24(27(32)38-8-2)29-12-11-16-13-20(34-4)22(36-6)15-18(16)28(29,25(23)30)17-9-10-19(33-3)21(14-17)35-5/h9-10,13-15H,7-8,11-12H2,1-6H3. The van der Waals surface area contributed by atoms with Crippen LogP contribution >= 0.6 is 0 Å². The van der Waals surface area contributed by atoms with Crippen LogP contribution in [0.2, 0.25) is 0 Å². The summed E-state index contributed by atoms with van der Waals surface area (Å²) >= 11 is 0. The fourth-order valence-corrected chi connectivity index (χ4v) is 5.27. The first-order valence-electron chi connectivity index (χ1n) is 12.2. The molecule has 0 saturated carbocycles. The first kappa shape index (κ1) is 26.8. The minimum absolute atomic E-state index is 0.0245. The highest BCUT2D eigenvalue weighted by molar-refractivity contribution is 6.28. The maximum absolute atomic E-state index is 14.6. The van der Waals surface area contributed by atoms with Gasteiger partial charge in [0.05, 0.1) is 41.7 Å². The molecule has 0 aliphatic carbocycles. The van der Waals surface area contributed by atoms with Crippen LogP contribution in [0.1, 0.15) is 30.5 Å². The van der Waals surface area contributed by atoms with Crippen molar-refractivity contribution in [2.75, 3.05) is 48.2 Å². The molecular formula is C28H31NO9. The van der Waals surface area contributed by atoms with Gasteiger partial charge in [0, 0.05) is 6.54 Å². The summed E-state index contributed by atoms with van der Waals surface area (Å²) in [5, 5.41) is 0. The Bertz CT molecular complexity index is 1320. The lowest BCUT2D eigenvalue weighted by Gasteiger charge is -2.45. The SMILES string of the molecule is CCOC(=O)C1=C(C(=O)OCC)N2CCc3cc(OC)c(OC)cc3C2(c2ccc(OC)c(OC)c2)C1=O. The van der Waals surface area contributed by atoms with E-state index in [0.29, 0.717) is 40.5 Å². The summed E-state index contributed by atoms with van der Waals surface area (Å²) in [6.07, 6.45) is 0.455. The molecule has 2 aromatic rings. The van der Waals surface area contributed by atoms with Gasteiger partial charge < -0.3 is 33.3 Å². The van der Waals surface area contributed by atoms with E-state index in [2.05, 4.69) is 0 Å². The number of fused-ring (bicyclic) bond motifs is 3. The lowest BCUT2D eigenvalue weighted by Crippen LogP contribution is -2.52. The van der Waals surface area contributed by atoms with E-state index < -0.39 is 23.3 Å². The second-order valence-corrected chi connectivity index (χ2v) is 8.54. The van der Waals surface area contributed by atoms with E-state index in [9.17, 15) is 14.4 Å². The van der Waals surface area contributed by atoms with Gasteiger partial charge in [0.25, 0.3) is 0 Å². The van der Waals surface area contributed by atoms with Crippen LogP contribution in [0.25, 0.3) is 0 Å². The van der Waals surface area contributed by atoms with Crippen LogP contribution in [-0.4, -0.2) is 70.8 Å². The van der Waals surface area contributed by atoms with Crippen LogP contribution in [0.3, 0.4) is 0 Å². The number of hydrogen-bond acceptors (Lipinski definition) is 10. The van der Waals surface area contributed by atoms with E-state index >= 15 is 0 Å². The van der Waals surface area contributed by atoms with E-state index in [1.54, 1.807) is 43.0 Å². The molecule has 0 amide bonds. The molecule has 1 unspecified atom stereocenters. The topological polar surface area (TPSA) is 110 Å². The van der Waals surface area contributed by atoms with Gasteiger partial charge in [-0.2, -0.15) is 0 Å². The van der Waals surface area contributed by atoms with Gasteiger partial charge in [-0.05, 0) is 61.2 Å². The van der Waals surface area contributed by atoms with Crippen molar-refractivity contribution < 1.29 is 42.8 Å². The summed E-state index contributed by atoms with van der Waals surface area (Å²) in [6.45, 7) is 3.61. The zero-order chi connectivity index (χ0) is 27.6. The predicted octanol–water partition coefficient (Wildman–Crippen LogP) is 2.79. The third kappa shape index (κ3) is 3.91. The van der Waals surface area contributed by atoms with Crippen LogP contribution in [0.4, 0.5) is 0 Å².